The zero-order valence-corrected chi connectivity index (χ0v) is 12.1. The Labute approximate surface area is 114 Å². The second-order valence-corrected chi connectivity index (χ2v) is 5.10. The van der Waals surface area contributed by atoms with Gasteiger partial charge in [0.25, 0.3) is 5.91 Å². The molecule has 0 aromatic heterocycles. The quantitative estimate of drug-likeness (QED) is 0.816. The van der Waals surface area contributed by atoms with Crippen molar-refractivity contribution in [2.24, 2.45) is 0 Å². The molecule has 0 aliphatic carbocycles. The van der Waals surface area contributed by atoms with E-state index in [-0.39, 0.29) is 11.9 Å². The maximum absolute atomic E-state index is 11.7. The molecule has 1 amide bonds. The number of benzene rings is 1. The highest BCUT2D eigenvalue weighted by Gasteiger charge is 2.08. The van der Waals surface area contributed by atoms with Gasteiger partial charge >= 0.3 is 0 Å². The Hall–Kier alpha value is -0.330. The largest absolute Gasteiger partial charge is 0.350 e. The molecule has 16 heavy (non-hydrogen) atoms. The maximum Gasteiger partial charge on any atom is 0.251 e. The molecule has 0 bridgehead atoms. The summed E-state index contributed by atoms with van der Waals surface area (Å²) in [7, 11) is 1.86. The summed E-state index contributed by atoms with van der Waals surface area (Å²) in [6.07, 6.45) is 0. The molecule has 3 nitrogen and oxygen atoms in total. The number of carbonyl (C=O) groups excluding carboxylic acids is 1. The van der Waals surface area contributed by atoms with Crippen molar-refractivity contribution in [1.82, 2.24) is 10.6 Å². The van der Waals surface area contributed by atoms with Crippen molar-refractivity contribution >= 4 is 40.1 Å². The van der Waals surface area contributed by atoms with Gasteiger partial charge in [-0.15, -0.1) is 0 Å². The van der Waals surface area contributed by atoms with Crippen LogP contribution in [0.25, 0.3) is 0 Å². The number of likely N-dealkylation sites (N-methyl/N-ethyl adjacent to an activating group) is 1. The van der Waals surface area contributed by atoms with Crippen molar-refractivity contribution in [2.45, 2.75) is 13.0 Å². The summed E-state index contributed by atoms with van der Waals surface area (Å²) in [4.78, 5) is 11.7. The summed E-state index contributed by atoms with van der Waals surface area (Å²) >= 11 is 8.08. The molecule has 2 N–H and O–H groups in total. The third-order valence-corrected chi connectivity index (χ3v) is 3.82. The molecule has 5 heteroatoms. The maximum atomic E-state index is 11.7. The molecule has 1 unspecified atom stereocenters. The van der Waals surface area contributed by atoms with Crippen LogP contribution in [0.3, 0.4) is 0 Å². The molecule has 0 saturated heterocycles. The minimum atomic E-state index is -0.0969. The Balaban J connectivity index is 2.63. The molecule has 0 aliphatic rings. The molecule has 0 radical (unpaired) electrons. The number of amides is 1. The summed E-state index contributed by atoms with van der Waals surface area (Å²) in [5, 5.41) is 6.49. The van der Waals surface area contributed by atoms with E-state index in [4.69, 9.17) is 11.6 Å². The van der Waals surface area contributed by atoms with Crippen LogP contribution in [0.4, 0.5) is 0 Å². The van der Waals surface area contributed by atoms with Gasteiger partial charge in [-0.3, -0.25) is 4.79 Å². The first kappa shape index (κ1) is 13.7. The van der Waals surface area contributed by atoms with Gasteiger partial charge in [0.1, 0.15) is 0 Å². The van der Waals surface area contributed by atoms with Crippen LogP contribution in [-0.4, -0.2) is 25.5 Å². The fraction of sp³-hybridized carbons (Fsp3) is 0.364. The second kappa shape index (κ2) is 6.42. The number of hydrogen-bond donors (Lipinski definition) is 2. The Kier molecular flexibility index (Phi) is 5.51. The third-order valence-electron chi connectivity index (χ3n) is 2.24. The Bertz CT molecular complexity index is 384. The van der Waals surface area contributed by atoms with Crippen molar-refractivity contribution in [1.29, 1.82) is 0 Å². The Morgan fingerprint density at radius 2 is 2.25 bits per heavy atom. The standard InChI is InChI=1S/C11H14ClIN2O/c1-7(14-2)6-15-11(16)8-3-4-10(13)9(12)5-8/h3-5,7,14H,6H2,1-2H3,(H,15,16). The van der Waals surface area contributed by atoms with Crippen LogP contribution in [0, 0.1) is 3.57 Å². The van der Waals surface area contributed by atoms with E-state index in [9.17, 15) is 4.79 Å². The third kappa shape index (κ3) is 3.92. The SMILES string of the molecule is CNC(C)CNC(=O)c1ccc(I)c(Cl)c1. The summed E-state index contributed by atoms with van der Waals surface area (Å²) in [5.74, 6) is -0.0969. The lowest BCUT2D eigenvalue weighted by atomic mass is 10.2. The number of rotatable bonds is 4. The molecule has 1 aromatic rings. The molecule has 0 aliphatic heterocycles. The van der Waals surface area contributed by atoms with Gasteiger partial charge in [0.15, 0.2) is 0 Å². The first-order valence-corrected chi connectivity index (χ1v) is 6.40. The number of carbonyl (C=O) groups is 1. The molecule has 0 heterocycles. The van der Waals surface area contributed by atoms with Crippen LogP contribution in [0.5, 0.6) is 0 Å². The number of nitrogens with one attached hydrogen (secondary N) is 2. The van der Waals surface area contributed by atoms with Gasteiger partial charge in [0.05, 0.1) is 5.02 Å². The molecule has 1 aromatic carbocycles. The van der Waals surface area contributed by atoms with Gasteiger partial charge in [-0.05, 0) is 54.8 Å². The minimum Gasteiger partial charge on any atom is -0.350 e. The van der Waals surface area contributed by atoms with E-state index in [1.807, 2.05) is 20.0 Å². The van der Waals surface area contributed by atoms with Crippen LogP contribution in [0.15, 0.2) is 18.2 Å². The summed E-state index contributed by atoms with van der Waals surface area (Å²) in [5.41, 5.74) is 0.591. The van der Waals surface area contributed by atoms with Crippen LogP contribution < -0.4 is 10.6 Å². The normalized spacial score (nSPS) is 12.2. The van der Waals surface area contributed by atoms with Gasteiger partial charge in [-0.2, -0.15) is 0 Å². The lowest BCUT2D eigenvalue weighted by molar-refractivity contribution is 0.0950. The smallest absolute Gasteiger partial charge is 0.251 e. The zero-order chi connectivity index (χ0) is 12.1. The molecule has 1 rings (SSSR count). The van der Waals surface area contributed by atoms with Crippen molar-refractivity contribution in [3.8, 4) is 0 Å². The molecule has 0 saturated carbocycles. The highest BCUT2D eigenvalue weighted by Crippen LogP contribution is 2.19. The fourth-order valence-electron chi connectivity index (χ4n) is 1.09. The van der Waals surface area contributed by atoms with Gasteiger partial charge in [0.2, 0.25) is 0 Å². The van der Waals surface area contributed by atoms with Crippen molar-refractivity contribution in [3.05, 3.63) is 32.4 Å². The molecule has 88 valence electrons. The molecule has 1 atom stereocenters. The number of hydrogen-bond acceptors (Lipinski definition) is 2. The zero-order valence-electron chi connectivity index (χ0n) is 9.18. The molecule has 0 spiro atoms. The topological polar surface area (TPSA) is 41.1 Å². The van der Waals surface area contributed by atoms with E-state index in [1.54, 1.807) is 12.1 Å². The van der Waals surface area contributed by atoms with E-state index < -0.39 is 0 Å². The monoisotopic (exact) mass is 352 g/mol. The lowest BCUT2D eigenvalue weighted by Crippen LogP contribution is -2.37. The van der Waals surface area contributed by atoms with E-state index in [0.29, 0.717) is 17.1 Å². The average molecular weight is 353 g/mol. The van der Waals surface area contributed by atoms with Crippen molar-refractivity contribution in [2.75, 3.05) is 13.6 Å². The van der Waals surface area contributed by atoms with Gasteiger partial charge < -0.3 is 10.6 Å². The van der Waals surface area contributed by atoms with E-state index >= 15 is 0 Å². The van der Waals surface area contributed by atoms with Crippen LogP contribution >= 0.6 is 34.2 Å². The minimum absolute atomic E-state index is 0.0969. The fourth-order valence-corrected chi connectivity index (χ4v) is 1.60. The summed E-state index contributed by atoms with van der Waals surface area (Å²) in [6.45, 7) is 2.60. The first-order valence-electron chi connectivity index (χ1n) is 4.95. The first-order chi connectivity index (χ1) is 7.54. The molecular formula is C11H14ClIN2O. The van der Waals surface area contributed by atoms with Crippen LogP contribution in [0.1, 0.15) is 17.3 Å². The van der Waals surface area contributed by atoms with E-state index in [0.717, 1.165) is 3.57 Å². The predicted octanol–water partition coefficient (Wildman–Crippen LogP) is 2.28. The molecular weight excluding hydrogens is 338 g/mol. The Morgan fingerprint density at radius 1 is 1.56 bits per heavy atom. The number of halogens is 2. The lowest BCUT2D eigenvalue weighted by Gasteiger charge is -2.11. The van der Waals surface area contributed by atoms with E-state index in [1.165, 1.54) is 0 Å². The average Bonchev–Trinajstić information content (AvgIpc) is 2.29. The predicted molar refractivity (Wildman–Crippen MR) is 75.0 cm³/mol. The van der Waals surface area contributed by atoms with Crippen LogP contribution in [-0.2, 0) is 0 Å². The Morgan fingerprint density at radius 3 is 2.81 bits per heavy atom. The van der Waals surface area contributed by atoms with E-state index in [2.05, 4.69) is 33.2 Å². The van der Waals surface area contributed by atoms with Crippen LogP contribution in [0.2, 0.25) is 5.02 Å². The summed E-state index contributed by atoms with van der Waals surface area (Å²) in [6, 6.07) is 5.54. The highest BCUT2D eigenvalue weighted by molar-refractivity contribution is 14.1. The van der Waals surface area contributed by atoms with Gasteiger partial charge in [-0.25, -0.2) is 0 Å². The van der Waals surface area contributed by atoms with Gasteiger partial charge in [0, 0.05) is 21.7 Å². The van der Waals surface area contributed by atoms with Gasteiger partial charge in [-0.1, -0.05) is 11.6 Å². The molecule has 0 fully saturated rings. The highest BCUT2D eigenvalue weighted by atomic mass is 127. The second-order valence-electron chi connectivity index (χ2n) is 3.53. The van der Waals surface area contributed by atoms with Crippen molar-refractivity contribution in [3.63, 3.8) is 0 Å². The van der Waals surface area contributed by atoms with Crippen molar-refractivity contribution < 1.29 is 4.79 Å². The summed E-state index contributed by atoms with van der Waals surface area (Å²) < 4.78 is 0.944.